The molecule has 0 amide bonds. The van der Waals surface area contributed by atoms with Gasteiger partial charge in [0.25, 0.3) is 0 Å². The molecular formula is C20H17NO2S. The molecule has 0 saturated carbocycles. The predicted molar refractivity (Wildman–Crippen MR) is 101 cm³/mol. The summed E-state index contributed by atoms with van der Waals surface area (Å²) >= 11 is 1.26. The minimum Gasteiger partial charge on any atom is -0.481 e. The van der Waals surface area contributed by atoms with Crippen molar-refractivity contribution in [2.45, 2.75) is 0 Å². The molecule has 1 heterocycles. The summed E-state index contributed by atoms with van der Waals surface area (Å²) in [6.45, 7) is 0.887. The van der Waals surface area contributed by atoms with Gasteiger partial charge >= 0.3 is 0 Å². The third-order valence-corrected chi connectivity index (χ3v) is 4.43. The summed E-state index contributed by atoms with van der Waals surface area (Å²) in [5.74, 6) is 6.91. The van der Waals surface area contributed by atoms with E-state index in [9.17, 15) is 4.79 Å². The molecule has 0 N–H and O–H groups in total. The highest BCUT2D eigenvalue weighted by Gasteiger charge is 2.07. The molecule has 0 bridgehead atoms. The number of hydrogen-bond acceptors (Lipinski definition) is 4. The van der Waals surface area contributed by atoms with E-state index in [1.807, 2.05) is 66.5 Å². The highest BCUT2D eigenvalue weighted by molar-refractivity contribution is 7.16. The Bertz CT molecular complexity index is 938. The molecule has 0 unspecified atom stereocenters. The Morgan fingerprint density at radius 2 is 1.79 bits per heavy atom. The van der Waals surface area contributed by atoms with Crippen molar-refractivity contribution in [1.82, 2.24) is 0 Å². The van der Waals surface area contributed by atoms with Crippen molar-refractivity contribution in [1.29, 1.82) is 0 Å². The van der Waals surface area contributed by atoms with Crippen LogP contribution >= 0.6 is 11.3 Å². The van der Waals surface area contributed by atoms with Gasteiger partial charge in [-0.2, -0.15) is 0 Å². The van der Waals surface area contributed by atoms with Gasteiger partial charge in [-0.1, -0.05) is 59.6 Å². The van der Waals surface area contributed by atoms with E-state index < -0.39 is 0 Å². The fourth-order valence-electron chi connectivity index (χ4n) is 2.36. The number of para-hydroxylation sites is 1. The van der Waals surface area contributed by atoms with Crippen molar-refractivity contribution in [2.75, 3.05) is 25.1 Å². The molecule has 0 aliphatic carbocycles. The molecule has 2 aromatic carbocycles. The highest BCUT2D eigenvalue weighted by Crippen LogP contribution is 2.26. The summed E-state index contributed by atoms with van der Waals surface area (Å²) in [6, 6.07) is 19.2. The first-order valence-electron chi connectivity index (χ1n) is 7.61. The summed E-state index contributed by atoms with van der Waals surface area (Å²) < 4.78 is 6.59. The van der Waals surface area contributed by atoms with Crippen molar-refractivity contribution in [2.24, 2.45) is 0 Å². The number of nitrogens with zero attached hydrogens (tertiary/aromatic N) is 1. The summed E-state index contributed by atoms with van der Waals surface area (Å²) in [6.07, 6.45) is 0. The smallest absolute Gasteiger partial charge is 0.234 e. The molecule has 4 heteroatoms. The summed E-state index contributed by atoms with van der Waals surface area (Å²) in [5.41, 5.74) is 0.910. The highest BCUT2D eigenvalue weighted by atomic mass is 32.1. The van der Waals surface area contributed by atoms with Gasteiger partial charge in [0, 0.05) is 23.2 Å². The maximum Gasteiger partial charge on any atom is 0.234 e. The third kappa shape index (κ3) is 3.95. The molecule has 1 aromatic heterocycles. The average molecular weight is 335 g/mol. The van der Waals surface area contributed by atoms with Gasteiger partial charge in [-0.25, -0.2) is 0 Å². The van der Waals surface area contributed by atoms with Gasteiger partial charge in [0.15, 0.2) is 0 Å². The largest absolute Gasteiger partial charge is 0.481 e. The quantitative estimate of drug-likeness (QED) is 0.680. The van der Waals surface area contributed by atoms with Gasteiger partial charge < -0.3 is 9.64 Å². The number of rotatable bonds is 4. The molecule has 3 nitrogen and oxygen atoms in total. The first kappa shape index (κ1) is 16.1. The van der Waals surface area contributed by atoms with Crippen LogP contribution in [-0.2, 0) is 0 Å². The lowest BCUT2D eigenvalue weighted by molar-refractivity contribution is 0.370. The predicted octanol–water partition coefficient (Wildman–Crippen LogP) is 3.78. The monoisotopic (exact) mass is 335 g/mol. The van der Waals surface area contributed by atoms with Gasteiger partial charge in [0.1, 0.15) is 12.4 Å². The molecule has 0 radical (unpaired) electrons. The van der Waals surface area contributed by atoms with Gasteiger partial charge in [-0.3, -0.25) is 4.79 Å². The van der Waals surface area contributed by atoms with E-state index in [0.29, 0.717) is 13.2 Å². The second kappa shape index (κ2) is 7.67. The lowest BCUT2D eigenvalue weighted by atomic mass is 10.2. The Morgan fingerprint density at radius 1 is 1.04 bits per heavy atom. The van der Waals surface area contributed by atoms with Crippen LogP contribution in [0.4, 0.5) is 5.69 Å². The van der Waals surface area contributed by atoms with E-state index in [4.69, 9.17) is 4.74 Å². The third-order valence-electron chi connectivity index (χ3n) is 3.53. The zero-order valence-electron chi connectivity index (χ0n) is 13.4. The number of hydrogen-bond donors (Lipinski definition) is 0. The van der Waals surface area contributed by atoms with Crippen molar-refractivity contribution in [3.05, 3.63) is 70.2 Å². The Morgan fingerprint density at radius 3 is 2.62 bits per heavy atom. The lowest BCUT2D eigenvalue weighted by Crippen LogP contribution is -2.18. The minimum atomic E-state index is 0.0518. The normalized spacial score (nSPS) is 10.0. The van der Waals surface area contributed by atoms with Crippen LogP contribution in [0.25, 0.3) is 10.1 Å². The van der Waals surface area contributed by atoms with E-state index in [1.165, 1.54) is 11.3 Å². The fraction of sp³-hybridized carbons (Fsp3) is 0.150. The van der Waals surface area contributed by atoms with Crippen LogP contribution in [0.3, 0.4) is 0 Å². The number of anilines is 1. The zero-order valence-corrected chi connectivity index (χ0v) is 14.2. The van der Waals surface area contributed by atoms with Crippen LogP contribution < -0.4 is 14.4 Å². The Balaban J connectivity index is 1.67. The van der Waals surface area contributed by atoms with E-state index in [-0.39, 0.29) is 4.74 Å². The van der Waals surface area contributed by atoms with Gasteiger partial charge in [-0.15, -0.1) is 0 Å². The summed E-state index contributed by atoms with van der Waals surface area (Å²) in [7, 11) is 1.94. The molecule has 0 atom stereocenters. The van der Waals surface area contributed by atoms with Gasteiger partial charge in [0.05, 0.1) is 12.2 Å². The number of benzene rings is 2. The fourth-order valence-corrected chi connectivity index (χ4v) is 3.17. The maximum atomic E-state index is 11.9. The molecule has 24 heavy (non-hydrogen) atoms. The second-order valence-electron chi connectivity index (χ2n) is 5.26. The van der Waals surface area contributed by atoms with Gasteiger partial charge in [-0.05, 0) is 18.2 Å². The molecule has 0 spiro atoms. The van der Waals surface area contributed by atoms with Crippen LogP contribution in [0.2, 0.25) is 0 Å². The SMILES string of the molecule is CN(CC#CCOc1ccccc1)c1cc(=O)sc2ccccc12. The van der Waals surface area contributed by atoms with Crippen molar-refractivity contribution < 1.29 is 4.74 Å². The van der Waals surface area contributed by atoms with E-state index >= 15 is 0 Å². The maximum absolute atomic E-state index is 11.9. The molecular weight excluding hydrogens is 318 g/mol. The number of fused-ring (bicyclic) bond motifs is 1. The minimum absolute atomic E-state index is 0.0518. The molecule has 3 rings (SSSR count). The van der Waals surface area contributed by atoms with Crippen LogP contribution in [0.15, 0.2) is 65.5 Å². The number of ether oxygens (including phenoxy) is 1. The van der Waals surface area contributed by atoms with Crippen LogP contribution in [0.5, 0.6) is 5.75 Å². The first-order chi connectivity index (χ1) is 11.7. The van der Waals surface area contributed by atoms with E-state index in [2.05, 4.69) is 11.8 Å². The lowest BCUT2D eigenvalue weighted by Gasteiger charge is -2.17. The van der Waals surface area contributed by atoms with Crippen LogP contribution in [-0.4, -0.2) is 20.2 Å². The van der Waals surface area contributed by atoms with E-state index in [0.717, 1.165) is 21.5 Å². The van der Waals surface area contributed by atoms with Crippen molar-refractivity contribution in [3.63, 3.8) is 0 Å². The average Bonchev–Trinajstić information content (AvgIpc) is 2.61. The van der Waals surface area contributed by atoms with Crippen molar-refractivity contribution >= 4 is 27.1 Å². The molecule has 0 saturated heterocycles. The molecule has 0 aliphatic rings. The van der Waals surface area contributed by atoms with Crippen LogP contribution in [0.1, 0.15) is 0 Å². The standard InChI is InChI=1S/C20H17NO2S/c1-21(13-7-8-14-23-16-9-3-2-4-10-16)18-15-20(22)24-19-12-6-5-11-17(18)19/h2-6,9-12,15H,13-14H2,1H3. The molecule has 3 aromatic rings. The zero-order chi connectivity index (χ0) is 16.8. The summed E-state index contributed by atoms with van der Waals surface area (Å²) in [4.78, 5) is 13.9. The van der Waals surface area contributed by atoms with Crippen LogP contribution in [0, 0.1) is 11.8 Å². The van der Waals surface area contributed by atoms with Crippen molar-refractivity contribution in [3.8, 4) is 17.6 Å². The first-order valence-corrected chi connectivity index (χ1v) is 8.43. The van der Waals surface area contributed by atoms with Gasteiger partial charge in [0.2, 0.25) is 4.74 Å². The Hall–Kier alpha value is -2.77. The summed E-state index contributed by atoms with van der Waals surface area (Å²) in [5, 5.41) is 1.08. The molecule has 0 aliphatic heterocycles. The Labute approximate surface area is 145 Å². The Kier molecular flexibility index (Phi) is 5.15. The molecule has 120 valence electrons. The molecule has 0 fully saturated rings. The van der Waals surface area contributed by atoms with E-state index in [1.54, 1.807) is 6.07 Å². The second-order valence-corrected chi connectivity index (χ2v) is 6.30. The topological polar surface area (TPSA) is 29.5 Å².